The maximum Gasteiger partial charge on any atom is 0.0471 e. The standard InChI is InChI=1S/C10H13NO/c1-2-10(8-11-5-1)9-3-6-12-7-4-9/h1-2,5,8-9H,3-4,6-7H2. The molecule has 0 bridgehead atoms. The van der Waals surface area contributed by atoms with E-state index >= 15 is 0 Å². The lowest BCUT2D eigenvalue weighted by Gasteiger charge is -2.21. The Morgan fingerprint density at radius 3 is 2.83 bits per heavy atom. The molecule has 1 aliphatic rings. The lowest BCUT2D eigenvalue weighted by molar-refractivity contribution is 0.0853. The molecule has 1 aliphatic heterocycles. The van der Waals surface area contributed by atoms with Crippen LogP contribution in [0.1, 0.15) is 24.3 Å². The van der Waals surface area contributed by atoms with Gasteiger partial charge in [-0.05, 0) is 30.4 Å². The number of pyridine rings is 1. The van der Waals surface area contributed by atoms with Crippen LogP contribution in [0.15, 0.2) is 24.5 Å². The minimum Gasteiger partial charge on any atom is -0.381 e. The zero-order chi connectivity index (χ0) is 8.23. The van der Waals surface area contributed by atoms with E-state index in [1.165, 1.54) is 5.56 Å². The Kier molecular flexibility index (Phi) is 2.37. The zero-order valence-electron chi connectivity index (χ0n) is 7.07. The van der Waals surface area contributed by atoms with Crippen LogP contribution in [0.5, 0.6) is 0 Å². The van der Waals surface area contributed by atoms with E-state index in [9.17, 15) is 0 Å². The summed E-state index contributed by atoms with van der Waals surface area (Å²) in [6.45, 7) is 1.80. The van der Waals surface area contributed by atoms with Crippen LogP contribution in [0.4, 0.5) is 0 Å². The van der Waals surface area contributed by atoms with Crippen LogP contribution >= 0.6 is 0 Å². The van der Waals surface area contributed by atoms with Gasteiger partial charge in [0, 0.05) is 25.6 Å². The Morgan fingerprint density at radius 1 is 1.33 bits per heavy atom. The predicted octanol–water partition coefficient (Wildman–Crippen LogP) is 1.98. The molecule has 2 heterocycles. The van der Waals surface area contributed by atoms with Crippen molar-refractivity contribution in [3.05, 3.63) is 30.1 Å². The van der Waals surface area contributed by atoms with Crippen LogP contribution in [-0.2, 0) is 4.74 Å². The molecule has 0 aromatic carbocycles. The topological polar surface area (TPSA) is 22.1 Å². The highest BCUT2D eigenvalue weighted by molar-refractivity contribution is 5.14. The summed E-state index contributed by atoms with van der Waals surface area (Å²) in [5.41, 5.74) is 1.36. The summed E-state index contributed by atoms with van der Waals surface area (Å²) in [5, 5.41) is 0. The highest BCUT2D eigenvalue weighted by Crippen LogP contribution is 2.25. The predicted molar refractivity (Wildman–Crippen MR) is 47.0 cm³/mol. The van der Waals surface area contributed by atoms with Crippen molar-refractivity contribution < 1.29 is 4.74 Å². The summed E-state index contributed by atoms with van der Waals surface area (Å²) in [6.07, 6.45) is 6.08. The van der Waals surface area contributed by atoms with Gasteiger partial charge in [0.25, 0.3) is 0 Å². The lowest BCUT2D eigenvalue weighted by atomic mass is 9.93. The van der Waals surface area contributed by atoms with Gasteiger partial charge < -0.3 is 4.74 Å². The second kappa shape index (κ2) is 3.68. The number of ether oxygens (including phenoxy) is 1. The average molecular weight is 163 g/mol. The van der Waals surface area contributed by atoms with Crippen molar-refractivity contribution in [1.82, 2.24) is 4.98 Å². The van der Waals surface area contributed by atoms with Crippen LogP contribution < -0.4 is 0 Å². The fourth-order valence-electron chi connectivity index (χ4n) is 1.65. The first kappa shape index (κ1) is 7.74. The van der Waals surface area contributed by atoms with Crippen LogP contribution in [0.3, 0.4) is 0 Å². The number of hydrogen-bond donors (Lipinski definition) is 0. The molecule has 2 rings (SSSR count). The fraction of sp³-hybridized carbons (Fsp3) is 0.500. The third-order valence-corrected chi connectivity index (χ3v) is 2.38. The molecule has 1 fully saturated rings. The Hall–Kier alpha value is -0.890. The van der Waals surface area contributed by atoms with E-state index in [2.05, 4.69) is 11.1 Å². The summed E-state index contributed by atoms with van der Waals surface area (Å²) in [7, 11) is 0. The summed E-state index contributed by atoms with van der Waals surface area (Å²) in [4.78, 5) is 4.12. The molecule has 0 unspecified atom stereocenters. The van der Waals surface area contributed by atoms with Crippen LogP contribution in [0.2, 0.25) is 0 Å². The first-order chi connectivity index (χ1) is 5.97. The molecule has 0 radical (unpaired) electrons. The summed E-state index contributed by atoms with van der Waals surface area (Å²) < 4.78 is 5.30. The number of rotatable bonds is 1. The van der Waals surface area contributed by atoms with E-state index in [1.54, 1.807) is 0 Å². The maximum absolute atomic E-state index is 5.30. The smallest absolute Gasteiger partial charge is 0.0471 e. The highest BCUT2D eigenvalue weighted by Gasteiger charge is 2.15. The normalized spacial score (nSPS) is 19.3. The molecule has 0 atom stereocenters. The second-order valence-electron chi connectivity index (χ2n) is 3.17. The number of aromatic nitrogens is 1. The van der Waals surface area contributed by atoms with Crippen LogP contribution in [0, 0.1) is 0 Å². The molecule has 1 saturated heterocycles. The van der Waals surface area contributed by atoms with E-state index in [1.807, 2.05) is 18.5 Å². The van der Waals surface area contributed by atoms with E-state index in [0.29, 0.717) is 5.92 Å². The summed E-state index contributed by atoms with van der Waals surface area (Å²) >= 11 is 0. The SMILES string of the molecule is c1cncc(C2CCOCC2)c1. The highest BCUT2D eigenvalue weighted by atomic mass is 16.5. The Morgan fingerprint density at radius 2 is 2.17 bits per heavy atom. The van der Waals surface area contributed by atoms with E-state index in [4.69, 9.17) is 4.74 Å². The molecule has 1 aromatic heterocycles. The van der Waals surface area contributed by atoms with Crippen molar-refractivity contribution in [3.63, 3.8) is 0 Å². The van der Waals surface area contributed by atoms with Crippen molar-refractivity contribution in [2.45, 2.75) is 18.8 Å². The molecule has 0 aliphatic carbocycles. The van der Waals surface area contributed by atoms with E-state index in [0.717, 1.165) is 26.1 Å². The van der Waals surface area contributed by atoms with Gasteiger partial charge in [0.1, 0.15) is 0 Å². The Balaban J connectivity index is 2.08. The van der Waals surface area contributed by atoms with Gasteiger partial charge >= 0.3 is 0 Å². The van der Waals surface area contributed by atoms with E-state index in [-0.39, 0.29) is 0 Å². The molecule has 1 aromatic rings. The largest absolute Gasteiger partial charge is 0.381 e. The first-order valence-corrected chi connectivity index (χ1v) is 4.44. The first-order valence-electron chi connectivity index (χ1n) is 4.44. The maximum atomic E-state index is 5.30. The number of hydrogen-bond acceptors (Lipinski definition) is 2. The molecule has 64 valence electrons. The van der Waals surface area contributed by atoms with Crippen molar-refractivity contribution in [1.29, 1.82) is 0 Å². The Bertz CT molecular complexity index is 229. The van der Waals surface area contributed by atoms with Gasteiger partial charge in [-0.15, -0.1) is 0 Å². The molecule has 0 saturated carbocycles. The monoisotopic (exact) mass is 163 g/mol. The quantitative estimate of drug-likeness (QED) is 0.631. The molecule has 2 nitrogen and oxygen atoms in total. The van der Waals surface area contributed by atoms with Gasteiger partial charge in [0.15, 0.2) is 0 Å². The number of nitrogens with zero attached hydrogens (tertiary/aromatic N) is 1. The van der Waals surface area contributed by atoms with Gasteiger partial charge in [-0.25, -0.2) is 0 Å². The molecule has 0 amide bonds. The van der Waals surface area contributed by atoms with Crippen LogP contribution in [-0.4, -0.2) is 18.2 Å². The van der Waals surface area contributed by atoms with Crippen molar-refractivity contribution in [3.8, 4) is 0 Å². The minimum atomic E-state index is 0.674. The molecule has 0 N–H and O–H groups in total. The van der Waals surface area contributed by atoms with Gasteiger partial charge in [0.2, 0.25) is 0 Å². The van der Waals surface area contributed by atoms with Crippen molar-refractivity contribution >= 4 is 0 Å². The van der Waals surface area contributed by atoms with E-state index < -0.39 is 0 Å². The van der Waals surface area contributed by atoms with Crippen molar-refractivity contribution in [2.75, 3.05) is 13.2 Å². The third kappa shape index (κ3) is 1.64. The Labute approximate surface area is 72.6 Å². The fourth-order valence-corrected chi connectivity index (χ4v) is 1.65. The summed E-state index contributed by atoms with van der Waals surface area (Å²) in [6, 6.07) is 4.16. The summed E-state index contributed by atoms with van der Waals surface area (Å²) in [5.74, 6) is 0.674. The van der Waals surface area contributed by atoms with Crippen LogP contribution in [0.25, 0.3) is 0 Å². The zero-order valence-corrected chi connectivity index (χ0v) is 7.07. The molecular formula is C10H13NO. The molecule has 12 heavy (non-hydrogen) atoms. The van der Waals surface area contributed by atoms with Gasteiger partial charge in [-0.3, -0.25) is 4.98 Å². The van der Waals surface area contributed by atoms with Gasteiger partial charge in [-0.1, -0.05) is 6.07 Å². The third-order valence-electron chi connectivity index (χ3n) is 2.38. The van der Waals surface area contributed by atoms with Crippen molar-refractivity contribution in [2.24, 2.45) is 0 Å². The molecule has 2 heteroatoms. The lowest BCUT2D eigenvalue weighted by Crippen LogP contribution is -2.13. The molecule has 0 spiro atoms. The minimum absolute atomic E-state index is 0.674. The second-order valence-corrected chi connectivity index (χ2v) is 3.17. The molecular weight excluding hydrogens is 150 g/mol. The average Bonchev–Trinajstić information content (AvgIpc) is 2.21. The van der Waals surface area contributed by atoms with Gasteiger partial charge in [0.05, 0.1) is 0 Å². The van der Waals surface area contributed by atoms with Gasteiger partial charge in [-0.2, -0.15) is 0 Å².